The number of hydrogen-bond acceptors (Lipinski definition) is 5. The zero-order valence-corrected chi connectivity index (χ0v) is 9.52. The van der Waals surface area contributed by atoms with E-state index in [2.05, 4.69) is 15.3 Å². The minimum atomic E-state index is -0.440. The van der Waals surface area contributed by atoms with Crippen LogP contribution in [0.1, 0.15) is 16.5 Å². The number of thiophene rings is 1. The Morgan fingerprint density at radius 3 is 2.88 bits per heavy atom. The molecule has 0 bridgehead atoms. The second-order valence-electron chi connectivity index (χ2n) is 3.41. The van der Waals surface area contributed by atoms with E-state index in [1.165, 1.54) is 6.33 Å². The summed E-state index contributed by atoms with van der Waals surface area (Å²) in [6, 6.07) is 3.87. The van der Waals surface area contributed by atoms with E-state index in [1.54, 1.807) is 23.7 Å². The predicted molar refractivity (Wildman–Crippen MR) is 63.0 cm³/mol. The first kappa shape index (κ1) is 11.2. The molecule has 4 nitrogen and oxygen atoms in total. The Morgan fingerprint density at radius 2 is 2.19 bits per heavy atom. The first-order chi connectivity index (χ1) is 7.86. The Hall–Kier alpha value is -1.30. The molecule has 0 fully saturated rings. The van der Waals surface area contributed by atoms with Gasteiger partial charge < -0.3 is 10.4 Å². The average Bonchev–Trinajstić information content (AvgIpc) is 2.84. The van der Waals surface area contributed by atoms with Crippen LogP contribution < -0.4 is 5.32 Å². The highest BCUT2D eigenvalue weighted by Crippen LogP contribution is 2.17. The van der Waals surface area contributed by atoms with Gasteiger partial charge in [0.1, 0.15) is 12.4 Å². The summed E-state index contributed by atoms with van der Waals surface area (Å²) in [6.07, 6.45) is 4.59. The second kappa shape index (κ2) is 5.69. The molecule has 2 aromatic heterocycles. The van der Waals surface area contributed by atoms with Gasteiger partial charge in [-0.2, -0.15) is 0 Å². The number of nitrogens with zero attached hydrogens (tertiary/aromatic N) is 2. The van der Waals surface area contributed by atoms with Crippen molar-refractivity contribution in [1.82, 2.24) is 15.3 Å². The lowest BCUT2D eigenvalue weighted by atomic mass is 10.3. The summed E-state index contributed by atoms with van der Waals surface area (Å²) in [7, 11) is 0. The van der Waals surface area contributed by atoms with E-state index in [0.717, 1.165) is 10.4 Å². The van der Waals surface area contributed by atoms with Gasteiger partial charge in [0.15, 0.2) is 0 Å². The van der Waals surface area contributed by atoms with E-state index in [4.69, 9.17) is 0 Å². The summed E-state index contributed by atoms with van der Waals surface area (Å²) in [5.74, 6) is 0. The van der Waals surface area contributed by atoms with Gasteiger partial charge in [0, 0.05) is 35.9 Å². The highest BCUT2D eigenvalue weighted by Gasteiger charge is 2.07. The molecule has 0 spiro atoms. The predicted octanol–water partition coefficient (Wildman–Crippen LogP) is 1.36. The molecule has 0 saturated heterocycles. The third kappa shape index (κ3) is 3.10. The number of rotatable bonds is 5. The van der Waals surface area contributed by atoms with Crippen LogP contribution in [0, 0.1) is 0 Å². The number of aliphatic hydroxyl groups is 1. The molecular formula is C11H13N3OS. The zero-order chi connectivity index (χ0) is 11.2. The normalized spacial score (nSPS) is 12.6. The van der Waals surface area contributed by atoms with Crippen LogP contribution in [0.25, 0.3) is 0 Å². The Morgan fingerprint density at radius 1 is 1.38 bits per heavy atom. The highest BCUT2D eigenvalue weighted by molar-refractivity contribution is 7.10. The molecule has 0 saturated carbocycles. The minimum Gasteiger partial charge on any atom is -0.386 e. The molecule has 0 aliphatic rings. The van der Waals surface area contributed by atoms with Gasteiger partial charge in [0.25, 0.3) is 0 Å². The van der Waals surface area contributed by atoms with Crippen LogP contribution >= 0.6 is 11.3 Å². The van der Waals surface area contributed by atoms with Crippen molar-refractivity contribution in [3.63, 3.8) is 0 Å². The molecule has 16 heavy (non-hydrogen) atoms. The molecule has 2 rings (SSSR count). The van der Waals surface area contributed by atoms with Crippen molar-refractivity contribution in [2.24, 2.45) is 0 Å². The van der Waals surface area contributed by atoms with E-state index in [-0.39, 0.29) is 0 Å². The fourth-order valence-corrected chi connectivity index (χ4v) is 2.07. The zero-order valence-electron chi connectivity index (χ0n) is 8.71. The highest BCUT2D eigenvalue weighted by atomic mass is 32.1. The van der Waals surface area contributed by atoms with Gasteiger partial charge in [-0.05, 0) is 11.4 Å². The number of nitrogens with one attached hydrogen (secondary N) is 1. The average molecular weight is 235 g/mol. The molecule has 2 heterocycles. The van der Waals surface area contributed by atoms with Crippen molar-refractivity contribution < 1.29 is 5.11 Å². The van der Waals surface area contributed by atoms with E-state index in [0.29, 0.717) is 13.1 Å². The molecule has 0 aliphatic carbocycles. The van der Waals surface area contributed by atoms with Crippen LogP contribution in [0.15, 0.2) is 36.2 Å². The fourth-order valence-electron chi connectivity index (χ4n) is 1.36. The van der Waals surface area contributed by atoms with Crippen LogP contribution in [-0.2, 0) is 6.54 Å². The summed E-state index contributed by atoms with van der Waals surface area (Å²) in [6.45, 7) is 1.21. The first-order valence-corrected chi connectivity index (χ1v) is 5.90. The summed E-state index contributed by atoms with van der Waals surface area (Å²) >= 11 is 1.56. The maximum absolute atomic E-state index is 9.80. The van der Waals surface area contributed by atoms with E-state index >= 15 is 0 Å². The molecule has 5 heteroatoms. The maximum Gasteiger partial charge on any atom is 0.115 e. The molecule has 2 aromatic rings. The third-order valence-electron chi connectivity index (χ3n) is 2.15. The van der Waals surface area contributed by atoms with Crippen molar-refractivity contribution in [3.8, 4) is 0 Å². The van der Waals surface area contributed by atoms with Gasteiger partial charge in [-0.15, -0.1) is 11.3 Å². The standard InChI is InChI=1S/C11H13N3OS/c15-10(11-2-1-3-16-11)7-12-4-9-5-13-8-14-6-9/h1-3,5-6,8,10,12,15H,4,7H2. The van der Waals surface area contributed by atoms with Gasteiger partial charge in [-0.1, -0.05) is 6.07 Å². The van der Waals surface area contributed by atoms with Crippen LogP contribution in [0.5, 0.6) is 0 Å². The number of aromatic nitrogens is 2. The molecule has 0 aliphatic heterocycles. The lowest BCUT2D eigenvalue weighted by molar-refractivity contribution is 0.178. The van der Waals surface area contributed by atoms with Gasteiger partial charge in [0.2, 0.25) is 0 Å². The van der Waals surface area contributed by atoms with E-state index in [1.807, 2.05) is 17.5 Å². The van der Waals surface area contributed by atoms with Gasteiger partial charge in [0.05, 0.1) is 0 Å². The monoisotopic (exact) mass is 235 g/mol. The summed E-state index contributed by atoms with van der Waals surface area (Å²) in [5, 5.41) is 14.9. The Labute approximate surface area is 98.0 Å². The summed E-state index contributed by atoms with van der Waals surface area (Å²) in [5.41, 5.74) is 1.01. The smallest absolute Gasteiger partial charge is 0.115 e. The molecule has 2 N–H and O–H groups in total. The van der Waals surface area contributed by atoms with Gasteiger partial charge in [-0.25, -0.2) is 9.97 Å². The van der Waals surface area contributed by atoms with Crippen molar-refractivity contribution >= 4 is 11.3 Å². The van der Waals surface area contributed by atoms with Crippen LogP contribution in [0.4, 0.5) is 0 Å². The topological polar surface area (TPSA) is 58.0 Å². The Kier molecular flexibility index (Phi) is 3.98. The lowest BCUT2D eigenvalue weighted by Crippen LogP contribution is -2.20. The largest absolute Gasteiger partial charge is 0.386 e. The minimum absolute atomic E-state index is 0.440. The van der Waals surface area contributed by atoms with Crippen molar-refractivity contribution in [2.45, 2.75) is 12.6 Å². The van der Waals surface area contributed by atoms with Crippen LogP contribution in [0.3, 0.4) is 0 Å². The molecule has 0 aromatic carbocycles. The Balaban J connectivity index is 1.76. The SMILES string of the molecule is OC(CNCc1cncnc1)c1cccs1. The maximum atomic E-state index is 9.80. The van der Waals surface area contributed by atoms with Crippen molar-refractivity contribution in [1.29, 1.82) is 0 Å². The van der Waals surface area contributed by atoms with Gasteiger partial charge >= 0.3 is 0 Å². The Bertz CT molecular complexity index is 404. The number of aliphatic hydroxyl groups excluding tert-OH is 1. The fraction of sp³-hybridized carbons (Fsp3) is 0.273. The van der Waals surface area contributed by atoms with Crippen LogP contribution in [-0.4, -0.2) is 21.6 Å². The first-order valence-electron chi connectivity index (χ1n) is 5.02. The third-order valence-corrected chi connectivity index (χ3v) is 3.13. The second-order valence-corrected chi connectivity index (χ2v) is 4.39. The lowest BCUT2D eigenvalue weighted by Gasteiger charge is -2.09. The molecule has 0 radical (unpaired) electrons. The van der Waals surface area contributed by atoms with Crippen LogP contribution in [0.2, 0.25) is 0 Å². The summed E-state index contributed by atoms with van der Waals surface area (Å²) < 4.78 is 0. The van der Waals surface area contributed by atoms with E-state index < -0.39 is 6.10 Å². The molecule has 1 unspecified atom stereocenters. The van der Waals surface area contributed by atoms with Crippen molar-refractivity contribution in [3.05, 3.63) is 46.7 Å². The molecule has 84 valence electrons. The number of hydrogen-bond donors (Lipinski definition) is 2. The summed E-state index contributed by atoms with van der Waals surface area (Å²) in [4.78, 5) is 8.82. The van der Waals surface area contributed by atoms with E-state index in [9.17, 15) is 5.11 Å². The molecule has 1 atom stereocenters. The van der Waals surface area contributed by atoms with Crippen molar-refractivity contribution in [2.75, 3.05) is 6.54 Å². The quantitative estimate of drug-likeness (QED) is 0.821. The van der Waals surface area contributed by atoms with Gasteiger partial charge in [-0.3, -0.25) is 0 Å². The molecule has 0 amide bonds. The molecular weight excluding hydrogens is 222 g/mol.